The van der Waals surface area contributed by atoms with E-state index in [-0.39, 0.29) is 42.4 Å². The molecule has 34 heavy (non-hydrogen) atoms. The van der Waals surface area contributed by atoms with Crippen molar-refractivity contribution in [2.45, 2.75) is 13.0 Å². The molecule has 0 bridgehead atoms. The van der Waals surface area contributed by atoms with Crippen molar-refractivity contribution in [3.8, 4) is 0 Å². The van der Waals surface area contributed by atoms with Gasteiger partial charge in [0.2, 0.25) is 0 Å². The second-order valence-electron chi connectivity index (χ2n) is 7.40. The number of para-hydroxylation sites is 1. The molecule has 13 heteroatoms. The maximum Gasteiger partial charge on any atom is 0.324 e. The molecule has 1 fully saturated rings. The third-order valence-electron chi connectivity index (χ3n) is 5.04. The SMILES string of the molecule is O=C(NNC(=O)C(F)F)c1ccc(CN(C(=O)N2CCS(=O)(=O)CC2)c2ccccc2F)cc1. The minimum absolute atomic E-state index is 0.00235. The van der Waals surface area contributed by atoms with Gasteiger partial charge in [-0.1, -0.05) is 24.3 Å². The molecule has 0 aliphatic carbocycles. The maximum absolute atomic E-state index is 14.5. The summed E-state index contributed by atoms with van der Waals surface area (Å²) >= 11 is 0. The topological polar surface area (TPSA) is 116 Å². The van der Waals surface area contributed by atoms with Gasteiger partial charge in [-0.15, -0.1) is 0 Å². The zero-order chi connectivity index (χ0) is 24.9. The van der Waals surface area contributed by atoms with Gasteiger partial charge in [0.25, 0.3) is 5.91 Å². The lowest BCUT2D eigenvalue weighted by atomic mass is 10.1. The Morgan fingerprint density at radius 1 is 0.971 bits per heavy atom. The number of hydrogen-bond donors (Lipinski definition) is 2. The molecule has 2 N–H and O–H groups in total. The first-order valence-corrected chi connectivity index (χ1v) is 11.9. The van der Waals surface area contributed by atoms with Gasteiger partial charge in [-0.25, -0.2) is 17.6 Å². The Bertz CT molecular complexity index is 1160. The molecule has 4 amide bonds. The molecule has 9 nitrogen and oxygen atoms in total. The highest BCUT2D eigenvalue weighted by molar-refractivity contribution is 7.91. The Hall–Kier alpha value is -3.61. The highest BCUT2D eigenvalue weighted by atomic mass is 32.2. The van der Waals surface area contributed by atoms with E-state index in [9.17, 15) is 36.0 Å². The average molecular weight is 498 g/mol. The van der Waals surface area contributed by atoms with Crippen LogP contribution in [-0.4, -0.2) is 62.2 Å². The molecular formula is C21H21F3N4O5S. The first-order chi connectivity index (χ1) is 16.1. The van der Waals surface area contributed by atoms with Crippen molar-refractivity contribution in [3.63, 3.8) is 0 Å². The second-order valence-corrected chi connectivity index (χ2v) is 9.70. The van der Waals surface area contributed by atoms with E-state index in [1.54, 1.807) is 11.5 Å². The zero-order valence-electron chi connectivity index (χ0n) is 17.7. The molecular weight excluding hydrogens is 477 g/mol. The number of halogens is 3. The van der Waals surface area contributed by atoms with Crippen LogP contribution in [0.1, 0.15) is 15.9 Å². The molecule has 0 radical (unpaired) electrons. The molecule has 2 aromatic carbocycles. The number of hydrogen-bond acceptors (Lipinski definition) is 5. The fourth-order valence-electron chi connectivity index (χ4n) is 3.19. The Morgan fingerprint density at radius 3 is 2.18 bits per heavy atom. The van der Waals surface area contributed by atoms with Crippen LogP contribution >= 0.6 is 0 Å². The molecule has 0 unspecified atom stereocenters. The van der Waals surface area contributed by atoms with Crippen molar-refractivity contribution in [2.75, 3.05) is 29.5 Å². The monoisotopic (exact) mass is 498 g/mol. The summed E-state index contributed by atoms with van der Waals surface area (Å²) in [5.41, 5.74) is 3.98. The van der Waals surface area contributed by atoms with Gasteiger partial charge in [0, 0.05) is 18.7 Å². The van der Waals surface area contributed by atoms with Crippen LogP contribution in [0.5, 0.6) is 0 Å². The normalized spacial score (nSPS) is 15.0. The first-order valence-electron chi connectivity index (χ1n) is 10.1. The van der Waals surface area contributed by atoms with E-state index in [1.165, 1.54) is 52.3 Å². The van der Waals surface area contributed by atoms with E-state index in [2.05, 4.69) is 0 Å². The number of sulfone groups is 1. The molecule has 1 aliphatic rings. The minimum atomic E-state index is -3.29. The Kier molecular flexibility index (Phi) is 7.76. The number of carbonyl (C=O) groups is 3. The van der Waals surface area contributed by atoms with Crippen LogP contribution in [0.2, 0.25) is 0 Å². The van der Waals surface area contributed by atoms with Gasteiger partial charge in [-0.2, -0.15) is 8.78 Å². The van der Waals surface area contributed by atoms with Crippen molar-refractivity contribution in [3.05, 3.63) is 65.5 Å². The van der Waals surface area contributed by atoms with Crippen LogP contribution in [-0.2, 0) is 21.2 Å². The summed E-state index contributed by atoms with van der Waals surface area (Å²) < 4.78 is 62.3. The van der Waals surface area contributed by atoms with Crippen molar-refractivity contribution in [2.24, 2.45) is 0 Å². The van der Waals surface area contributed by atoms with Crippen LogP contribution in [0.3, 0.4) is 0 Å². The van der Waals surface area contributed by atoms with Gasteiger partial charge in [-0.3, -0.25) is 25.3 Å². The Labute approximate surface area is 193 Å². The van der Waals surface area contributed by atoms with E-state index in [4.69, 9.17) is 0 Å². The van der Waals surface area contributed by atoms with Crippen molar-refractivity contribution in [1.82, 2.24) is 15.8 Å². The molecule has 0 atom stereocenters. The number of amides is 4. The fourth-order valence-corrected chi connectivity index (χ4v) is 4.39. The molecule has 3 rings (SSSR count). The molecule has 1 aliphatic heterocycles. The lowest BCUT2D eigenvalue weighted by Crippen LogP contribution is -2.50. The summed E-state index contributed by atoms with van der Waals surface area (Å²) in [4.78, 5) is 38.5. The number of nitrogens with one attached hydrogen (secondary N) is 2. The van der Waals surface area contributed by atoms with Gasteiger partial charge in [0.1, 0.15) is 5.82 Å². The number of nitrogens with zero attached hydrogens (tertiary/aromatic N) is 2. The van der Waals surface area contributed by atoms with Crippen LogP contribution in [0.25, 0.3) is 0 Å². The largest absolute Gasteiger partial charge is 0.324 e. The average Bonchev–Trinajstić information content (AvgIpc) is 2.81. The Balaban J connectivity index is 1.76. The van der Waals surface area contributed by atoms with Crippen molar-refractivity contribution >= 4 is 33.4 Å². The lowest BCUT2D eigenvalue weighted by Gasteiger charge is -2.33. The molecule has 1 heterocycles. The van der Waals surface area contributed by atoms with E-state index in [1.807, 2.05) is 5.43 Å². The van der Waals surface area contributed by atoms with E-state index in [0.29, 0.717) is 5.56 Å². The van der Waals surface area contributed by atoms with E-state index in [0.717, 1.165) is 0 Å². The number of rotatable bonds is 5. The van der Waals surface area contributed by atoms with Gasteiger partial charge in [0.15, 0.2) is 9.84 Å². The predicted octanol–water partition coefficient (Wildman–Crippen LogP) is 1.71. The van der Waals surface area contributed by atoms with Gasteiger partial charge in [0.05, 0.1) is 23.7 Å². The van der Waals surface area contributed by atoms with Crippen LogP contribution in [0.15, 0.2) is 48.5 Å². The number of urea groups is 1. The molecule has 1 saturated heterocycles. The van der Waals surface area contributed by atoms with Gasteiger partial charge < -0.3 is 4.90 Å². The van der Waals surface area contributed by atoms with Gasteiger partial charge in [-0.05, 0) is 29.8 Å². The third-order valence-corrected chi connectivity index (χ3v) is 6.65. The summed E-state index contributed by atoms with van der Waals surface area (Å²) in [5, 5.41) is 0. The van der Waals surface area contributed by atoms with E-state index >= 15 is 0 Å². The number of benzene rings is 2. The third kappa shape index (κ3) is 6.25. The number of carbonyl (C=O) groups excluding carboxylic acids is 3. The smallest absolute Gasteiger partial charge is 0.322 e. The lowest BCUT2D eigenvalue weighted by molar-refractivity contribution is -0.132. The fraction of sp³-hybridized carbons (Fsp3) is 0.286. The summed E-state index contributed by atoms with van der Waals surface area (Å²) in [6, 6.07) is 10.7. The molecule has 182 valence electrons. The summed E-state index contributed by atoms with van der Waals surface area (Å²) in [6.45, 7) is -0.127. The van der Waals surface area contributed by atoms with E-state index < -0.39 is 39.9 Å². The highest BCUT2D eigenvalue weighted by Crippen LogP contribution is 2.23. The maximum atomic E-state index is 14.5. The molecule has 0 aromatic heterocycles. The van der Waals surface area contributed by atoms with Gasteiger partial charge >= 0.3 is 18.4 Å². The first kappa shape index (κ1) is 25.0. The van der Waals surface area contributed by atoms with Crippen molar-refractivity contribution in [1.29, 1.82) is 0 Å². The van der Waals surface area contributed by atoms with Crippen molar-refractivity contribution < 1.29 is 36.0 Å². The van der Waals surface area contributed by atoms with Crippen LogP contribution in [0.4, 0.5) is 23.7 Å². The minimum Gasteiger partial charge on any atom is -0.322 e. The number of hydrazine groups is 1. The summed E-state index contributed by atoms with van der Waals surface area (Å²) in [6.07, 6.45) is -3.29. The second kappa shape index (κ2) is 10.5. The predicted molar refractivity (Wildman–Crippen MR) is 116 cm³/mol. The zero-order valence-corrected chi connectivity index (χ0v) is 18.5. The quantitative estimate of drug-likeness (QED) is 0.609. The molecule has 0 spiro atoms. The standard InChI is InChI=1S/C21H21F3N4O5S/c22-16-3-1-2-4-17(16)28(21(31)27-9-11-34(32,33)12-10-27)13-14-5-7-15(8-6-14)19(29)25-26-20(30)18(23)24/h1-8,18H,9-13H2,(H,25,29)(H,26,30). The number of anilines is 1. The molecule has 0 saturated carbocycles. The highest BCUT2D eigenvalue weighted by Gasteiger charge is 2.30. The molecule has 2 aromatic rings. The van der Waals surface area contributed by atoms with Crippen LogP contribution < -0.4 is 15.8 Å². The summed E-state index contributed by atoms with van der Waals surface area (Å²) in [7, 11) is -3.23. The number of alkyl halides is 2. The van der Waals surface area contributed by atoms with Crippen LogP contribution in [0, 0.1) is 5.82 Å². The Morgan fingerprint density at radius 2 is 1.59 bits per heavy atom. The summed E-state index contributed by atoms with van der Waals surface area (Å²) in [5.74, 6) is -3.51.